The van der Waals surface area contributed by atoms with E-state index in [0.717, 1.165) is 29.7 Å². The number of H-pyrrole nitrogens is 1. The van der Waals surface area contributed by atoms with E-state index in [2.05, 4.69) is 31.2 Å². The number of carbonyl (C=O) groups excluding carboxylic acids is 4. The number of amides is 4. The van der Waals surface area contributed by atoms with Crippen LogP contribution in [0.1, 0.15) is 54.0 Å². The molecule has 0 saturated carbocycles. The smallest absolute Gasteiger partial charge is 0.272 e. The maximum Gasteiger partial charge on any atom is 0.272 e. The van der Waals surface area contributed by atoms with Crippen molar-refractivity contribution in [2.45, 2.75) is 12.8 Å². The van der Waals surface area contributed by atoms with Gasteiger partial charge in [-0.25, -0.2) is 0 Å². The van der Waals surface area contributed by atoms with Crippen molar-refractivity contribution in [2.75, 3.05) is 42.1 Å². The van der Waals surface area contributed by atoms with Crippen LogP contribution in [0.25, 0.3) is 10.1 Å². The summed E-state index contributed by atoms with van der Waals surface area (Å²) in [5.41, 5.74) is 2.23. The summed E-state index contributed by atoms with van der Waals surface area (Å²) in [6.45, 7) is 3.51. The lowest BCUT2D eigenvalue weighted by Gasteiger charge is -2.14. The zero-order chi connectivity index (χ0) is 32.4. The Morgan fingerprint density at radius 2 is 1.46 bits per heavy atom. The largest absolute Gasteiger partial charge is 0.355 e. The number of carbonyl (C=O) groups is 4. The Morgan fingerprint density at radius 1 is 0.826 bits per heavy atom. The second-order valence-electron chi connectivity index (χ2n) is 11.2. The fraction of sp³-hybridized carbons (Fsp3) is 0.250. The minimum atomic E-state index is -0.457. The molecular weight excluding hydrogens is 628 g/mol. The first-order valence-electron chi connectivity index (χ1n) is 14.8. The average molecular weight is 661 g/mol. The molecule has 5 aromatic rings. The maximum absolute atomic E-state index is 13.1. The summed E-state index contributed by atoms with van der Waals surface area (Å²) in [6, 6.07) is 12.2. The van der Waals surface area contributed by atoms with Crippen molar-refractivity contribution in [1.29, 1.82) is 0 Å². The van der Waals surface area contributed by atoms with Gasteiger partial charge in [-0.1, -0.05) is 29.8 Å². The molecule has 4 amide bonds. The summed E-state index contributed by atoms with van der Waals surface area (Å²) in [5.74, 6) is -1.44. The summed E-state index contributed by atoms with van der Waals surface area (Å²) in [6.07, 6.45) is 7.20. The van der Waals surface area contributed by atoms with Gasteiger partial charge in [0, 0.05) is 55.9 Å². The van der Waals surface area contributed by atoms with Crippen LogP contribution in [-0.2, 0) is 14.1 Å². The maximum atomic E-state index is 13.1. The third-order valence-electron chi connectivity index (χ3n) is 7.83. The van der Waals surface area contributed by atoms with Crippen LogP contribution in [0.15, 0.2) is 61.1 Å². The third kappa shape index (κ3) is 6.71. The molecule has 6 rings (SSSR count). The molecular formula is C32H33ClN8O4S. The van der Waals surface area contributed by atoms with Gasteiger partial charge in [0.15, 0.2) is 0 Å². The van der Waals surface area contributed by atoms with Crippen LogP contribution in [0.2, 0.25) is 5.02 Å². The summed E-state index contributed by atoms with van der Waals surface area (Å²) in [4.78, 5) is 57.2. The van der Waals surface area contributed by atoms with Gasteiger partial charge < -0.3 is 40.3 Å². The number of fused-ring (bicyclic) bond motifs is 1. The molecule has 1 aliphatic rings. The average Bonchev–Trinajstić information content (AvgIpc) is 3.86. The van der Waals surface area contributed by atoms with Gasteiger partial charge in [0.1, 0.15) is 22.0 Å². The number of likely N-dealkylation sites (tertiary alicyclic amines) is 1. The minimum absolute atomic E-state index is 0.206. The van der Waals surface area contributed by atoms with Gasteiger partial charge in [0.2, 0.25) is 0 Å². The fourth-order valence-corrected chi connectivity index (χ4v) is 6.89. The van der Waals surface area contributed by atoms with Gasteiger partial charge >= 0.3 is 0 Å². The lowest BCUT2D eigenvalue weighted by atomic mass is 10.2. The van der Waals surface area contributed by atoms with E-state index < -0.39 is 11.8 Å². The Labute approximate surface area is 273 Å². The Bertz CT molecular complexity index is 1950. The number of nitrogens with zero attached hydrogens (tertiary/aromatic N) is 3. The number of hydrogen-bond acceptors (Lipinski definition) is 6. The van der Waals surface area contributed by atoms with E-state index in [0.29, 0.717) is 44.9 Å². The zero-order valence-electron chi connectivity index (χ0n) is 25.3. The molecule has 0 atom stereocenters. The van der Waals surface area contributed by atoms with Crippen molar-refractivity contribution in [1.82, 2.24) is 24.3 Å². The Hall–Kier alpha value is -4.85. The number of rotatable bonds is 10. The number of halogens is 1. The Morgan fingerprint density at radius 3 is 2.15 bits per heavy atom. The molecule has 0 spiro atoms. The molecule has 0 unspecified atom stereocenters. The number of aromatic nitrogens is 3. The van der Waals surface area contributed by atoms with Gasteiger partial charge in [0.05, 0.1) is 22.1 Å². The lowest BCUT2D eigenvalue weighted by molar-refractivity contribution is 0.0939. The van der Waals surface area contributed by atoms with Crippen molar-refractivity contribution in [3.63, 3.8) is 0 Å². The molecule has 5 heterocycles. The summed E-state index contributed by atoms with van der Waals surface area (Å²) >= 11 is 7.72. The third-order valence-corrected chi connectivity index (χ3v) is 9.50. The SMILES string of the molecule is Cn1cc(NC(=O)c2cc(NC(=O)c3cc(NC(=O)c4sc5ccccc5c4Cl)c[nH]3)cn2C)cc1C(=O)NCCN1CCCC1. The standard InChI is InChI=1S/C32H33ClN8O4S/c1-39-18-21(14-24(39)30(43)34-9-12-41-10-5-6-11-41)38-31(44)25-15-20(17-40(25)2)37-29(42)23-13-19(16-35-23)36-32(45)28-27(33)22-7-3-4-8-26(22)46-28/h3-4,7-8,13-18,35H,5-6,9-12H2,1-2H3,(H,34,43)(H,36,45)(H,37,42)(H,38,44). The van der Waals surface area contributed by atoms with Crippen molar-refractivity contribution < 1.29 is 19.2 Å². The molecule has 1 saturated heterocycles. The van der Waals surface area contributed by atoms with Gasteiger partial charge in [-0.05, 0) is 50.2 Å². The quantitative estimate of drug-likeness (QED) is 0.141. The Balaban J connectivity index is 1.04. The lowest BCUT2D eigenvalue weighted by Crippen LogP contribution is -2.34. The van der Waals surface area contributed by atoms with Gasteiger partial charge in [-0.3, -0.25) is 19.2 Å². The molecule has 4 aromatic heterocycles. The minimum Gasteiger partial charge on any atom is -0.355 e. The molecule has 0 bridgehead atoms. The highest BCUT2D eigenvalue weighted by atomic mass is 35.5. The van der Waals surface area contributed by atoms with Crippen molar-refractivity contribution >= 4 is 73.7 Å². The van der Waals surface area contributed by atoms with Crippen molar-refractivity contribution in [2.24, 2.45) is 14.1 Å². The second-order valence-corrected chi connectivity index (χ2v) is 12.6. The number of aromatic amines is 1. The highest BCUT2D eigenvalue weighted by molar-refractivity contribution is 7.21. The molecule has 46 heavy (non-hydrogen) atoms. The number of thiophene rings is 1. The van der Waals surface area contributed by atoms with Gasteiger partial charge in [-0.2, -0.15) is 0 Å². The molecule has 12 nitrogen and oxygen atoms in total. The predicted octanol–water partition coefficient (Wildman–Crippen LogP) is 5.14. The number of benzene rings is 1. The first-order chi connectivity index (χ1) is 22.2. The van der Waals surface area contributed by atoms with E-state index in [1.54, 1.807) is 47.8 Å². The summed E-state index contributed by atoms with van der Waals surface area (Å²) < 4.78 is 4.17. The van der Waals surface area contributed by atoms with Gasteiger partial charge in [0.25, 0.3) is 23.6 Å². The van der Waals surface area contributed by atoms with Crippen LogP contribution in [0.5, 0.6) is 0 Å². The van der Waals surface area contributed by atoms with E-state index in [-0.39, 0.29) is 17.5 Å². The van der Waals surface area contributed by atoms with E-state index >= 15 is 0 Å². The summed E-state index contributed by atoms with van der Waals surface area (Å²) in [5, 5.41) is 12.5. The van der Waals surface area contributed by atoms with Crippen LogP contribution in [-0.4, -0.2) is 68.8 Å². The van der Waals surface area contributed by atoms with E-state index in [1.807, 2.05) is 24.3 Å². The highest BCUT2D eigenvalue weighted by Crippen LogP contribution is 2.35. The van der Waals surface area contributed by atoms with Crippen LogP contribution >= 0.6 is 22.9 Å². The van der Waals surface area contributed by atoms with Crippen LogP contribution in [0, 0.1) is 0 Å². The van der Waals surface area contributed by atoms with E-state index in [1.165, 1.54) is 36.4 Å². The zero-order valence-corrected chi connectivity index (χ0v) is 26.8. The molecule has 1 aromatic carbocycles. The molecule has 238 valence electrons. The second kappa shape index (κ2) is 13.3. The van der Waals surface area contributed by atoms with Gasteiger partial charge in [-0.15, -0.1) is 11.3 Å². The fourth-order valence-electron chi connectivity index (χ4n) is 5.48. The van der Waals surface area contributed by atoms with E-state index in [9.17, 15) is 19.2 Å². The molecule has 5 N–H and O–H groups in total. The van der Waals surface area contributed by atoms with Crippen LogP contribution in [0.4, 0.5) is 17.1 Å². The monoisotopic (exact) mass is 660 g/mol. The number of anilines is 3. The molecule has 0 aliphatic carbocycles. The van der Waals surface area contributed by atoms with Crippen LogP contribution in [0.3, 0.4) is 0 Å². The molecule has 1 fully saturated rings. The number of aryl methyl sites for hydroxylation is 2. The highest BCUT2D eigenvalue weighted by Gasteiger charge is 2.20. The van der Waals surface area contributed by atoms with Crippen molar-refractivity contribution in [3.8, 4) is 0 Å². The van der Waals surface area contributed by atoms with E-state index in [4.69, 9.17) is 11.6 Å². The molecule has 0 radical (unpaired) electrons. The summed E-state index contributed by atoms with van der Waals surface area (Å²) in [7, 11) is 3.44. The normalized spacial score (nSPS) is 13.2. The predicted molar refractivity (Wildman–Crippen MR) is 180 cm³/mol. The number of hydrogen-bond donors (Lipinski definition) is 5. The molecule has 14 heteroatoms. The first kappa shape index (κ1) is 31.1. The topological polar surface area (TPSA) is 145 Å². The van der Waals surface area contributed by atoms with Crippen molar-refractivity contribution in [3.05, 3.63) is 88.0 Å². The molecule has 1 aliphatic heterocycles. The Kier molecular flexibility index (Phi) is 8.97. The number of nitrogens with one attached hydrogen (secondary N) is 5. The van der Waals surface area contributed by atoms with Crippen LogP contribution < -0.4 is 21.3 Å². The first-order valence-corrected chi connectivity index (χ1v) is 16.0.